The number of nitrogens with zero attached hydrogens (tertiary/aromatic N) is 1. The third-order valence-electron chi connectivity index (χ3n) is 3.01. The van der Waals surface area contributed by atoms with Gasteiger partial charge in [0, 0.05) is 17.1 Å². The van der Waals surface area contributed by atoms with Gasteiger partial charge in [0.2, 0.25) is 10.0 Å². The van der Waals surface area contributed by atoms with E-state index in [0.29, 0.717) is 13.0 Å². The topological polar surface area (TPSA) is 57.6 Å². The van der Waals surface area contributed by atoms with E-state index in [1.165, 1.54) is 10.4 Å². The summed E-state index contributed by atoms with van der Waals surface area (Å²) in [5.41, 5.74) is 0. The van der Waals surface area contributed by atoms with E-state index in [1.807, 2.05) is 0 Å². The minimum Gasteiger partial charge on any atom is -0.395 e. The quantitative estimate of drug-likeness (QED) is 0.906. The molecule has 0 spiro atoms. The lowest BCUT2D eigenvalue weighted by Crippen LogP contribution is -2.37. The first kappa shape index (κ1) is 14.3. The number of hydrogen-bond donors (Lipinski definition) is 1. The van der Waals surface area contributed by atoms with Gasteiger partial charge < -0.3 is 5.11 Å². The molecule has 0 radical (unpaired) electrons. The van der Waals surface area contributed by atoms with Crippen molar-refractivity contribution in [3.05, 3.63) is 27.7 Å². The van der Waals surface area contributed by atoms with Crippen molar-refractivity contribution >= 4 is 37.6 Å². The third-order valence-corrected chi connectivity index (χ3v) is 5.94. The van der Waals surface area contributed by atoms with Crippen LogP contribution in [0, 0.1) is 0 Å². The van der Waals surface area contributed by atoms with Gasteiger partial charge >= 0.3 is 0 Å². The summed E-state index contributed by atoms with van der Waals surface area (Å²) in [6.45, 7) is 0.271. The SMILES string of the molecule is O=S(=O)(c1ccc(Br)cc1Cl)N1CCC[C@H]1CO. The first-order valence-corrected chi connectivity index (χ1v) is 8.15. The summed E-state index contributed by atoms with van der Waals surface area (Å²) in [5, 5.41) is 9.40. The maximum atomic E-state index is 12.5. The van der Waals surface area contributed by atoms with Crippen LogP contribution in [0.2, 0.25) is 5.02 Å². The van der Waals surface area contributed by atoms with Crippen molar-refractivity contribution in [1.29, 1.82) is 0 Å². The van der Waals surface area contributed by atoms with Crippen molar-refractivity contribution in [2.75, 3.05) is 13.2 Å². The minimum absolute atomic E-state index is 0.0905. The highest BCUT2D eigenvalue weighted by Crippen LogP contribution is 2.31. The van der Waals surface area contributed by atoms with Gasteiger partial charge in [0.1, 0.15) is 4.90 Å². The van der Waals surface area contributed by atoms with E-state index in [1.54, 1.807) is 12.1 Å². The van der Waals surface area contributed by atoms with E-state index < -0.39 is 10.0 Å². The second-order valence-electron chi connectivity index (χ2n) is 4.17. The van der Waals surface area contributed by atoms with Crippen LogP contribution in [-0.4, -0.2) is 37.0 Å². The molecule has 7 heteroatoms. The molecule has 18 heavy (non-hydrogen) atoms. The van der Waals surface area contributed by atoms with Crippen LogP contribution in [0.3, 0.4) is 0 Å². The zero-order valence-electron chi connectivity index (χ0n) is 9.51. The van der Waals surface area contributed by atoms with Crippen LogP contribution in [0.4, 0.5) is 0 Å². The van der Waals surface area contributed by atoms with E-state index in [4.69, 9.17) is 11.6 Å². The first-order chi connectivity index (χ1) is 8.46. The van der Waals surface area contributed by atoms with E-state index in [9.17, 15) is 13.5 Å². The normalized spacial score (nSPS) is 21.4. The molecule has 0 aliphatic carbocycles. The predicted octanol–water partition coefficient (Wildman–Crippen LogP) is 2.25. The summed E-state index contributed by atoms with van der Waals surface area (Å²) in [4.78, 5) is 0.0905. The summed E-state index contributed by atoms with van der Waals surface area (Å²) >= 11 is 9.22. The van der Waals surface area contributed by atoms with Gasteiger partial charge in [-0.05, 0) is 31.0 Å². The molecule has 1 N–H and O–H groups in total. The highest BCUT2D eigenvalue weighted by Gasteiger charge is 2.35. The Morgan fingerprint density at radius 1 is 1.50 bits per heavy atom. The van der Waals surface area contributed by atoms with Gasteiger partial charge in [-0.15, -0.1) is 0 Å². The second-order valence-corrected chi connectivity index (χ2v) is 7.35. The number of aliphatic hydroxyl groups excluding tert-OH is 1. The Morgan fingerprint density at radius 3 is 2.83 bits per heavy atom. The predicted molar refractivity (Wildman–Crippen MR) is 73.2 cm³/mol. The van der Waals surface area contributed by atoms with Gasteiger partial charge in [-0.3, -0.25) is 0 Å². The molecule has 1 aliphatic heterocycles. The average Bonchev–Trinajstić information content (AvgIpc) is 2.76. The molecule has 0 aromatic heterocycles. The van der Waals surface area contributed by atoms with Gasteiger partial charge in [0.05, 0.1) is 11.6 Å². The van der Waals surface area contributed by atoms with Crippen molar-refractivity contribution in [2.45, 2.75) is 23.8 Å². The van der Waals surface area contributed by atoms with Crippen LogP contribution >= 0.6 is 27.5 Å². The van der Waals surface area contributed by atoms with E-state index >= 15 is 0 Å². The van der Waals surface area contributed by atoms with E-state index in [-0.39, 0.29) is 22.6 Å². The largest absolute Gasteiger partial charge is 0.395 e. The second kappa shape index (κ2) is 5.46. The Morgan fingerprint density at radius 2 is 2.22 bits per heavy atom. The maximum Gasteiger partial charge on any atom is 0.244 e. The standard InChI is InChI=1S/C11H13BrClNO3S/c12-8-3-4-11(10(13)6-8)18(16,17)14-5-1-2-9(14)7-15/h3-4,6,9,15H,1-2,5,7H2/t9-/m0/s1. The number of benzene rings is 1. The molecule has 0 saturated carbocycles. The molecule has 0 bridgehead atoms. The monoisotopic (exact) mass is 353 g/mol. The molecule has 1 atom stereocenters. The molecule has 1 aromatic rings. The molecule has 1 aliphatic rings. The highest BCUT2D eigenvalue weighted by atomic mass is 79.9. The first-order valence-electron chi connectivity index (χ1n) is 5.54. The van der Waals surface area contributed by atoms with Crippen molar-refractivity contribution in [2.24, 2.45) is 0 Å². The van der Waals surface area contributed by atoms with Crippen LogP contribution in [-0.2, 0) is 10.0 Å². The Hall–Kier alpha value is -0.140. The van der Waals surface area contributed by atoms with Crippen LogP contribution in [0.5, 0.6) is 0 Å². The van der Waals surface area contributed by atoms with Gasteiger partial charge in [-0.2, -0.15) is 4.31 Å². The molecule has 1 heterocycles. The molecule has 4 nitrogen and oxygen atoms in total. The van der Waals surface area contributed by atoms with Crippen LogP contribution in [0.1, 0.15) is 12.8 Å². The number of sulfonamides is 1. The minimum atomic E-state index is -3.63. The van der Waals surface area contributed by atoms with Crippen LogP contribution in [0.25, 0.3) is 0 Å². The molecule has 1 fully saturated rings. The molecule has 2 rings (SSSR count). The van der Waals surface area contributed by atoms with Crippen molar-refractivity contribution in [1.82, 2.24) is 4.31 Å². The molecule has 0 unspecified atom stereocenters. The van der Waals surface area contributed by atoms with Crippen LogP contribution in [0.15, 0.2) is 27.6 Å². The summed E-state index contributed by atoms with van der Waals surface area (Å²) < 4.78 is 27.0. The highest BCUT2D eigenvalue weighted by molar-refractivity contribution is 9.10. The lowest BCUT2D eigenvalue weighted by molar-refractivity contribution is 0.213. The number of halogens is 2. The van der Waals surface area contributed by atoms with Crippen molar-refractivity contribution in [3.63, 3.8) is 0 Å². The molecule has 100 valence electrons. The fraction of sp³-hybridized carbons (Fsp3) is 0.455. The summed E-state index contributed by atoms with van der Waals surface area (Å²) in [6.07, 6.45) is 1.45. The molecule has 1 saturated heterocycles. The smallest absolute Gasteiger partial charge is 0.244 e. The van der Waals surface area contributed by atoms with Gasteiger partial charge in [-0.1, -0.05) is 27.5 Å². The fourth-order valence-electron chi connectivity index (χ4n) is 2.12. The summed E-state index contributed by atoms with van der Waals surface area (Å²) in [5.74, 6) is 0. The van der Waals surface area contributed by atoms with Gasteiger partial charge in [0.25, 0.3) is 0 Å². The molecular formula is C11H13BrClNO3S. The third kappa shape index (κ3) is 2.58. The maximum absolute atomic E-state index is 12.5. The Balaban J connectivity index is 2.42. The molecular weight excluding hydrogens is 342 g/mol. The number of aliphatic hydroxyl groups is 1. The Labute approximate surface area is 120 Å². The van der Waals surface area contributed by atoms with Gasteiger partial charge in [0.15, 0.2) is 0 Å². The Kier molecular flexibility index (Phi) is 4.33. The van der Waals surface area contributed by atoms with E-state index in [0.717, 1.165) is 10.9 Å². The van der Waals surface area contributed by atoms with Crippen molar-refractivity contribution in [3.8, 4) is 0 Å². The van der Waals surface area contributed by atoms with Crippen molar-refractivity contribution < 1.29 is 13.5 Å². The lowest BCUT2D eigenvalue weighted by Gasteiger charge is -2.22. The summed E-state index contributed by atoms with van der Waals surface area (Å²) in [6, 6.07) is 4.34. The fourth-order valence-corrected chi connectivity index (χ4v) is 4.82. The zero-order chi connectivity index (χ0) is 13.3. The lowest BCUT2D eigenvalue weighted by atomic mass is 10.2. The molecule has 0 amide bonds. The number of hydrogen-bond acceptors (Lipinski definition) is 3. The van der Waals surface area contributed by atoms with Gasteiger partial charge in [-0.25, -0.2) is 8.42 Å². The Bertz CT molecular complexity index is 549. The zero-order valence-corrected chi connectivity index (χ0v) is 12.7. The number of rotatable bonds is 3. The average molecular weight is 355 g/mol. The molecule has 1 aromatic carbocycles. The summed E-state index contributed by atoms with van der Waals surface area (Å²) in [7, 11) is -3.63. The van der Waals surface area contributed by atoms with E-state index in [2.05, 4.69) is 15.9 Å². The van der Waals surface area contributed by atoms with Crippen LogP contribution < -0.4 is 0 Å².